The number of carbonyl (C=O) groups excluding carboxylic acids is 1. The van der Waals surface area contributed by atoms with Gasteiger partial charge in [0.15, 0.2) is 0 Å². The molecule has 0 radical (unpaired) electrons. The standard InChI is InChI=1S/C14H27NO3/c1-5-18-14(16)10-15(11(2)3)12-7-6-8-13(9-12)17-4/h11-13H,5-10H2,1-4H3. The summed E-state index contributed by atoms with van der Waals surface area (Å²) in [5, 5.41) is 0. The molecule has 18 heavy (non-hydrogen) atoms. The molecule has 0 N–H and O–H groups in total. The molecule has 1 saturated carbocycles. The molecule has 2 atom stereocenters. The summed E-state index contributed by atoms with van der Waals surface area (Å²) in [4.78, 5) is 13.9. The van der Waals surface area contributed by atoms with Gasteiger partial charge in [0.25, 0.3) is 0 Å². The number of nitrogens with zero attached hydrogens (tertiary/aromatic N) is 1. The van der Waals surface area contributed by atoms with Crippen LogP contribution in [0.5, 0.6) is 0 Å². The number of methoxy groups -OCH3 is 1. The zero-order valence-electron chi connectivity index (χ0n) is 12.1. The van der Waals surface area contributed by atoms with Crippen LogP contribution in [0.15, 0.2) is 0 Å². The molecule has 0 amide bonds. The van der Waals surface area contributed by atoms with Crippen molar-refractivity contribution >= 4 is 5.97 Å². The molecule has 0 heterocycles. The summed E-state index contributed by atoms with van der Waals surface area (Å²) in [6.07, 6.45) is 4.83. The lowest BCUT2D eigenvalue weighted by atomic mass is 9.91. The highest BCUT2D eigenvalue weighted by atomic mass is 16.5. The van der Waals surface area contributed by atoms with Gasteiger partial charge in [0.1, 0.15) is 0 Å². The van der Waals surface area contributed by atoms with Gasteiger partial charge in [-0.3, -0.25) is 9.69 Å². The molecule has 1 fully saturated rings. The van der Waals surface area contributed by atoms with E-state index in [-0.39, 0.29) is 5.97 Å². The Morgan fingerprint density at radius 3 is 2.67 bits per heavy atom. The molecular formula is C14H27NO3. The Labute approximate surface area is 111 Å². The second-order valence-electron chi connectivity index (χ2n) is 5.25. The lowest BCUT2D eigenvalue weighted by molar-refractivity contribution is -0.146. The van der Waals surface area contributed by atoms with Gasteiger partial charge in [0.05, 0.1) is 19.3 Å². The minimum atomic E-state index is -0.120. The lowest BCUT2D eigenvalue weighted by Crippen LogP contribution is -2.47. The van der Waals surface area contributed by atoms with E-state index in [1.54, 1.807) is 7.11 Å². The van der Waals surface area contributed by atoms with Crippen molar-refractivity contribution in [3.05, 3.63) is 0 Å². The van der Waals surface area contributed by atoms with Crippen molar-refractivity contribution in [2.75, 3.05) is 20.3 Å². The van der Waals surface area contributed by atoms with Crippen LogP contribution in [0.1, 0.15) is 46.5 Å². The van der Waals surface area contributed by atoms with E-state index in [0.717, 1.165) is 19.3 Å². The number of carbonyl (C=O) groups is 1. The van der Waals surface area contributed by atoms with Crippen molar-refractivity contribution in [1.82, 2.24) is 4.90 Å². The van der Waals surface area contributed by atoms with Crippen LogP contribution in [0, 0.1) is 0 Å². The number of esters is 1. The molecule has 2 unspecified atom stereocenters. The van der Waals surface area contributed by atoms with E-state index in [1.165, 1.54) is 6.42 Å². The van der Waals surface area contributed by atoms with Crippen LogP contribution in [-0.4, -0.2) is 49.3 Å². The van der Waals surface area contributed by atoms with Crippen LogP contribution >= 0.6 is 0 Å². The van der Waals surface area contributed by atoms with Gasteiger partial charge < -0.3 is 9.47 Å². The molecule has 0 aromatic carbocycles. The van der Waals surface area contributed by atoms with Gasteiger partial charge in [-0.25, -0.2) is 0 Å². The highest BCUT2D eigenvalue weighted by Gasteiger charge is 2.29. The van der Waals surface area contributed by atoms with Crippen LogP contribution in [0.25, 0.3) is 0 Å². The highest BCUT2D eigenvalue weighted by Crippen LogP contribution is 2.26. The molecule has 0 spiro atoms. The van der Waals surface area contributed by atoms with E-state index in [2.05, 4.69) is 18.7 Å². The third-order valence-electron chi connectivity index (χ3n) is 3.68. The fourth-order valence-electron chi connectivity index (χ4n) is 2.72. The summed E-state index contributed by atoms with van der Waals surface area (Å²) in [5.74, 6) is -0.120. The quantitative estimate of drug-likeness (QED) is 0.684. The first kappa shape index (κ1) is 15.4. The van der Waals surface area contributed by atoms with E-state index >= 15 is 0 Å². The van der Waals surface area contributed by atoms with Crippen LogP contribution in [-0.2, 0) is 14.3 Å². The van der Waals surface area contributed by atoms with Crippen LogP contribution in [0.2, 0.25) is 0 Å². The molecule has 1 aliphatic carbocycles. The van der Waals surface area contributed by atoms with Crippen molar-refractivity contribution in [3.63, 3.8) is 0 Å². The monoisotopic (exact) mass is 257 g/mol. The fraction of sp³-hybridized carbons (Fsp3) is 0.929. The Bertz CT molecular complexity index is 255. The maximum Gasteiger partial charge on any atom is 0.320 e. The molecule has 0 aliphatic heterocycles. The van der Waals surface area contributed by atoms with Gasteiger partial charge in [0.2, 0.25) is 0 Å². The van der Waals surface area contributed by atoms with Crippen molar-refractivity contribution < 1.29 is 14.3 Å². The van der Waals surface area contributed by atoms with Crippen molar-refractivity contribution in [2.24, 2.45) is 0 Å². The lowest BCUT2D eigenvalue weighted by Gasteiger charge is -2.38. The van der Waals surface area contributed by atoms with E-state index in [9.17, 15) is 4.79 Å². The largest absolute Gasteiger partial charge is 0.465 e. The van der Waals surface area contributed by atoms with Crippen LogP contribution < -0.4 is 0 Å². The third kappa shape index (κ3) is 4.58. The first-order valence-corrected chi connectivity index (χ1v) is 7.02. The average molecular weight is 257 g/mol. The number of ether oxygens (including phenoxy) is 2. The molecule has 1 aliphatic rings. The Balaban J connectivity index is 2.57. The van der Waals surface area contributed by atoms with Crippen molar-refractivity contribution in [1.29, 1.82) is 0 Å². The molecule has 0 saturated heterocycles. The summed E-state index contributed by atoms with van der Waals surface area (Å²) < 4.78 is 10.5. The smallest absolute Gasteiger partial charge is 0.320 e. The topological polar surface area (TPSA) is 38.8 Å². The van der Waals surface area contributed by atoms with E-state index in [4.69, 9.17) is 9.47 Å². The normalized spacial score (nSPS) is 24.6. The van der Waals surface area contributed by atoms with Crippen LogP contribution in [0.3, 0.4) is 0 Å². The Morgan fingerprint density at radius 1 is 1.39 bits per heavy atom. The van der Waals surface area contributed by atoms with Gasteiger partial charge in [0, 0.05) is 19.2 Å². The van der Waals surface area contributed by atoms with E-state index in [1.807, 2.05) is 6.92 Å². The summed E-state index contributed by atoms with van der Waals surface area (Å²) in [5.41, 5.74) is 0. The van der Waals surface area contributed by atoms with E-state index < -0.39 is 0 Å². The summed E-state index contributed by atoms with van der Waals surface area (Å²) in [6, 6.07) is 0.795. The Hall–Kier alpha value is -0.610. The van der Waals surface area contributed by atoms with Crippen molar-refractivity contribution in [3.8, 4) is 0 Å². The zero-order valence-corrected chi connectivity index (χ0v) is 12.1. The molecule has 1 rings (SSSR count). The second-order valence-corrected chi connectivity index (χ2v) is 5.25. The van der Waals surface area contributed by atoms with E-state index in [0.29, 0.717) is 31.3 Å². The molecule has 0 aromatic heterocycles. The average Bonchev–Trinajstić information content (AvgIpc) is 2.36. The maximum absolute atomic E-state index is 11.7. The molecular weight excluding hydrogens is 230 g/mol. The number of hydrogen-bond acceptors (Lipinski definition) is 4. The van der Waals surface area contributed by atoms with Crippen LogP contribution in [0.4, 0.5) is 0 Å². The molecule has 106 valence electrons. The molecule has 0 bridgehead atoms. The molecule has 4 heteroatoms. The number of rotatable bonds is 6. The minimum absolute atomic E-state index is 0.120. The molecule has 0 aromatic rings. The summed E-state index contributed by atoms with van der Waals surface area (Å²) in [7, 11) is 1.78. The fourth-order valence-corrected chi connectivity index (χ4v) is 2.72. The second kappa shape index (κ2) is 7.74. The SMILES string of the molecule is CCOC(=O)CN(C(C)C)C1CCCC(OC)C1. The Morgan fingerprint density at radius 2 is 2.11 bits per heavy atom. The zero-order chi connectivity index (χ0) is 13.5. The highest BCUT2D eigenvalue weighted by molar-refractivity contribution is 5.71. The first-order chi connectivity index (χ1) is 8.58. The minimum Gasteiger partial charge on any atom is -0.465 e. The molecule has 4 nitrogen and oxygen atoms in total. The predicted molar refractivity (Wildman–Crippen MR) is 71.5 cm³/mol. The van der Waals surface area contributed by atoms with Crippen molar-refractivity contribution in [2.45, 2.75) is 64.6 Å². The van der Waals surface area contributed by atoms with Gasteiger partial charge >= 0.3 is 5.97 Å². The maximum atomic E-state index is 11.7. The Kier molecular flexibility index (Phi) is 6.65. The predicted octanol–water partition coefficient (Wildman–Crippen LogP) is 2.22. The number of hydrogen-bond donors (Lipinski definition) is 0. The van der Waals surface area contributed by atoms with Gasteiger partial charge in [-0.1, -0.05) is 0 Å². The van der Waals surface area contributed by atoms with Gasteiger partial charge in [-0.2, -0.15) is 0 Å². The van der Waals surface area contributed by atoms with Gasteiger partial charge in [-0.15, -0.1) is 0 Å². The summed E-state index contributed by atoms with van der Waals surface area (Å²) >= 11 is 0. The first-order valence-electron chi connectivity index (χ1n) is 7.02. The van der Waals surface area contributed by atoms with Gasteiger partial charge in [-0.05, 0) is 46.5 Å². The third-order valence-corrected chi connectivity index (χ3v) is 3.68. The summed E-state index contributed by atoms with van der Waals surface area (Å²) in [6.45, 7) is 6.97.